The molecule has 1 atom stereocenters. The summed E-state index contributed by atoms with van der Waals surface area (Å²) in [6, 6.07) is 20.3. The number of nitrogens with zero attached hydrogens (tertiary/aromatic N) is 1. The van der Waals surface area contributed by atoms with E-state index < -0.39 is 11.2 Å². The number of benzene rings is 2. The highest BCUT2D eigenvalue weighted by Gasteiger charge is 2.31. The highest BCUT2D eigenvalue weighted by molar-refractivity contribution is 14.1. The van der Waals surface area contributed by atoms with Crippen molar-refractivity contribution in [2.24, 2.45) is 0 Å². The van der Waals surface area contributed by atoms with Crippen molar-refractivity contribution in [2.45, 2.75) is 29.8 Å². The zero-order valence-corrected chi connectivity index (χ0v) is 17.4. The monoisotopic (exact) mass is 479 g/mol. The molecule has 128 valence electrons. The molecule has 1 saturated carbocycles. The van der Waals surface area contributed by atoms with Crippen molar-refractivity contribution in [3.63, 3.8) is 0 Å². The quantitative estimate of drug-likeness (QED) is 0.338. The van der Waals surface area contributed by atoms with Crippen molar-refractivity contribution in [2.75, 3.05) is 0 Å². The van der Waals surface area contributed by atoms with Gasteiger partial charge in [0.25, 0.3) is 0 Å². The van der Waals surface area contributed by atoms with Gasteiger partial charge < -0.3 is 4.55 Å². The Labute approximate surface area is 169 Å². The van der Waals surface area contributed by atoms with Crippen molar-refractivity contribution in [1.29, 1.82) is 0 Å². The molecule has 1 heterocycles. The van der Waals surface area contributed by atoms with Gasteiger partial charge in [0.15, 0.2) is 5.25 Å². The average Bonchev–Trinajstić information content (AvgIpc) is 3.42. The fourth-order valence-electron chi connectivity index (χ4n) is 2.91. The van der Waals surface area contributed by atoms with E-state index in [1.165, 1.54) is 20.7 Å². The lowest BCUT2D eigenvalue weighted by molar-refractivity contribution is 0.586. The summed E-state index contributed by atoms with van der Waals surface area (Å²) in [5.41, 5.74) is 3.20. The summed E-state index contributed by atoms with van der Waals surface area (Å²) in [7, 11) is 0. The molecule has 5 heteroatoms. The number of aromatic nitrogens is 1. The normalized spacial score (nSPS) is 15.5. The second-order valence-electron chi connectivity index (χ2n) is 6.27. The first-order valence-corrected chi connectivity index (χ1v) is 11.6. The second kappa shape index (κ2) is 7.78. The van der Waals surface area contributed by atoms with E-state index in [1.54, 1.807) is 11.3 Å². The number of halogens is 1. The van der Waals surface area contributed by atoms with E-state index in [4.69, 9.17) is 4.98 Å². The van der Waals surface area contributed by atoms with Gasteiger partial charge in [0, 0.05) is 17.0 Å². The third-order valence-corrected chi connectivity index (χ3v) is 8.30. The predicted octanol–water partition coefficient (Wildman–Crippen LogP) is 5.66. The summed E-state index contributed by atoms with van der Waals surface area (Å²) in [6.07, 6.45) is 2.51. The first kappa shape index (κ1) is 17.5. The van der Waals surface area contributed by atoms with Crippen LogP contribution in [0.2, 0.25) is 0 Å². The van der Waals surface area contributed by atoms with Crippen LogP contribution in [0.5, 0.6) is 0 Å². The molecule has 4 rings (SSSR count). The zero-order valence-electron chi connectivity index (χ0n) is 13.6. The van der Waals surface area contributed by atoms with Gasteiger partial charge >= 0.3 is 0 Å². The van der Waals surface area contributed by atoms with Crippen LogP contribution in [0, 0.1) is 2.88 Å². The number of hydrogen-bond acceptors (Lipinski definition) is 3. The van der Waals surface area contributed by atoms with Crippen molar-refractivity contribution >= 4 is 45.1 Å². The molecule has 0 spiro atoms. The third kappa shape index (κ3) is 4.10. The summed E-state index contributed by atoms with van der Waals surface area (Å²) in [5, 5.41) is 1.11. The molecule has 2 aromatic carbocycles. The number of rotatable bonds is 6. The summed E-state index contributed by atoms with van der Waals surface area (Å²) in [6.45, 7) is 0. The molecule has 0 bridgehead atoms. The Bertz CT molecular complexity index is 794. The van der Waals surface area contributed by atoms with Gasteiger partial charge in [-0.15, -0.1) is 11.3 Å². The van der Waals surface area contributed by atoms with Gasteiger partial charge in [-0.3, -0.25) is 0 Å². The smallest absolute Gasteiger partial charge is 0.166 e. The lowest BCUT2D eigenvalue weighted by Crippen LogP contribution is -2.17. The van der Waals surface area contributed by atoms with E-state index in [0.29, 0.717) is 11.7 Å². The summed E-state index contributed by atoms with van der Waals surface area (Å²) >= 11 is 3.06. The Morgan fingerprint density at radius 2 is 1.60 bits per heavy atom. The Kier molecular flexibility index (Phi) is 5.45. The minimum absolute atomic E-state index is 0.121. The lowest BCUT2D eigenvalue weighted by atomic mass is 10.0. The Morgan fingerprint density at radius 1 is 1.04 bits per heavy atom. The van der Waals surface area contributed by atoms with Crippen LogP contribution < -0.4 is 0 Å². The van der Waals surface area contributed by atoms with Crippen LogP contribution in [-0.4, -0.2) is 9.54 Å². The molecule has 0 amide bonds. The van der Waals surface area contributed by atoms with Gasteiger partial charge in [0.2, 0.25) is 0 Å². The van der Waals surface area contributed by atoms with Crippen LogP contribution in [0.1, 0.15) is 45.8 Å². The molecule has 1 aliphatic rings. The lowest BCUT2D eigenvalue weighted by Gasteiger charge is -2.22. The van der Waals surface area contributed by atoms with Crippen LogP contribution in [0.3, 0.4) is 0 Å². The van der Waals surface area contributed by atoms with E-state index in [1.807, 2.05) is 36.4 Å². The molecule has 0 radical (unpaired) electrons. The van der Waals surface area contributed by atoms with Crippen molar-refractivity contribution in [3.8, 4) is 0 Å². The summed E-state index contributed by atoms with van der Waals surface area (Å²) in [5.74, 6) is 1.16. The van der Waals surface area contributed by atoms with Gasteiger partial charge in [-0.25, -0.2) is 4.98 Å². The van der Waals surface area contributed by atoms with Crippen LogP contribution in [0.4, 0.5) is 0 Å². The van der Waals surface area contributed by atoms with Crippen molar-refractivity contribution < 1.29 is 4.55 Å². The van der Waals surface area contributed by atoms with Crippen molar-refractivity contribution in [1.82, 2.24) is 4.98 Å². The fraction of sp³-hybridized carbons (Fsp3) is 0.250. The van der Waals surface area contributed by atoms with Gasteiger partial charge in [0.05, 0.1) is 7.89 Å². The fourth-order valence-corrected chi connectivity index (χ4v) is 6.80. The first-order chi connectivity index (χ1) is 12.2. The number of hydrogen-bond donors (Lipinski definition) is 0. The molecular formula is C20H18INOS2. The second-order valence-corrected chi connectivity index (χ2v) is 10.6. The Morgan fingerprint density at radius 3 is 2.12 bits per heavy atom. The van der Waals surface area contributed by atoms with Crippen molar-refractivity contribution in [3.05, 3.63) is 85.4 Å². The van der Waals surface area contributed by atoms with E-state index in [2.05, 4.69) is 46.9 Å². The van der Waals surface area contributed by atoms with Gasteiger partial charge in [-0.1, -0.05) is 60.7 Å². The maximum atomic E-state index is 13.3. The van der Waals surface area contributed by atoms with E-state index >= 15 is 0 Å². The molecule has 25 heavy (non-hydrogen) atoms. The van der Waals surface area contributed by atoms with Gasteiger partial charge in [-0.05, 0) is 46.6 Å². The minimum atomic E-state index is -1.06. The van der Waals surface area contributed by atoms with Crippen LogP contribution in [0.15, 0.2) is 60.7 Å². The van der Waals surface area contributed by atoms with E-state index in [-0.39, 0.29) is 5.25 Å². The highest BCUT2D eigenvalue weighted by Crippen LogP contribution is 2.43. The molecule has 3 aromatic rings. The first-order valence-electron chi connectivity index (χ1n) is 8.34. The molecule has 1 aromatic heterocycles. The standard InChI is InChI=1S/C20H18INOS2/c21-19-17(22-20(24-19)16-11-12-16)13-25(23)18(14-7-3-1-4-8-14)15-9-5-2-6-10-15/h1-10,16,18H,11-13H2. The maximum Gasteiger partial charge on any atom is 0.166 e. The van der Waals surface area contributed by atoms with Crippen LogP contribution >= 0.6 is 33.9 Å². The SMILES string of the molecule is [O-][S+](Cc1nc(C2CC2)sc1I)C(c1ccccc1)c1ccccc1. The maximum absolute atomic E-state index is 13.3. The molecular weight excluding hydrogens is 461 g/mol. The topological polar surface area (TPSA) is 36.0 Å². The molecule has 1 unspecified atom stereocenters. The Balaban J connectivity index is 1.63. The van der Waals surface area contributed by atoms with Crippen LogP contribution in [-0.2, 0) is 16.9 Å². The number of thiazole rings is 1. The van der Waals surface area contributed by atoms with Gasteiger partial charge in [-0.2, -0.15) is 0 Å². The molecule has 0 aliphatic heterocycles. The van der Waals surface area contributed by atoms with Gasteiger partial charge in [0.1, 0.15) is 11.4 Å². The molecule has 1 fully saturated rings. The molecule has 0 saturated heterocycles. The zero-order chi connectivity index (χ0) is 17.2. The largest absolute Gasteiger partial charge is 0.615 e. The Hall–Kier alpha value is -0.890. The molecule has 1 aliphatic carbocycles. The molecule has 2 nitrogen and oxygen atoms in total. The third-order valence-electron chi connectivity index (χ3n) is 4.34. The average molecular weight is 479 g/mol. The minimum Gasteiger partial charge on any atom is -0.615 e. The highest BCUT2D eigenvalue weighted by atomic mass is 127. The summed E-state index contributed by atoms with van der Waals surface area (Å²) in [4.78, 5) is 4.80. The molecule has 0 N–H and O–H groups in total. The predicted molar refractivity (Wildman–Crippen MR) is 113 cm³/mol. The van der Waals surface area contributed by atoms with Crippen LogP contribution in [0.25, 0.3) is 0 Å². The van der Waals surface area contributed by atoms with E-state index in [9.17, 15) is 4.55 Å². The van der Waals surface area contributed by atoms with E-state index in [0.717, 1.165) is 16.8 Å². The summed E-state index contributed by atoms with van der Waals surface area (Å²) < 4.78 is 14.5.